The lowest BCUT2D eigenvalue weighted by atomic mass is 10.1. The fourth-order valence-electron chi connectivity index (χ4n) is 1.13. The lowest BCUT2D eigenvalue weighted by Gasteiger charge is -2.07. The molecule has 0 heterocycles. The molecule has 0 aliphatic heterocycles. The number of hydrogen-bond donors (Lipinski definition) is 0. The zero-order chi connectivity index (χ0) is 13.8. The Hall–Kier alpha value is -2.29. The van der Waals surface area contributed by atoms with Crippen molar-refractivity contribution in [3.8, 4) is 11.8 Å². The van der Waals surface area contributed by atoms with E-state index in [1.54, 1.807) is 0 Å². The van der Waals surface area contributed by atoms with Crippen molar-refractivity contribution in [2.24, 2.45) is 0 Å². The summed E-state index contributed by atoms with van der Waals surface area (Å²) in [6.45, 7) is 0. The summed E-state index contributed by atoms with van der Waals surface area (Å²) >= 11 is 0. The van der Waals surface area contributed by atoms with Gasteiger partial charge in [0.05, 0.1) is 12.7 Å². The number of hydrogen-bond acceptors (Lipinski definition) is 3. The van der Waals surface area contributed by atoms with Gasteiger partial charge in [-0.05, 0) is 18.2 Å². The van der Waals surface area contributed by atoms with Gasteiger partial charge in [-0.15, -0.1) is 0 Å². The zero-order valence-corrected chi connectivity index (χ0v) is 9.17. The summed E-state index contributed by atoms with van der Waals surface area (Å²) in [4.78, 5) is 21.3. The van der Waals surface area contributed by atoms with Crippen LogP contribution in [0.2, 0.25) is 0 Å². The van der Waals surface area contributed by atoms with Crippen LogP contribution in [0.5, 0.6) is 0 Å². The molecule has 1 aromatic rings. The molecule has 0 saturated heterocycles. The molecule has 0 aliphatic rings. The van der Waals surface area contributed by atoms with E-state index in [4.69, 9.17) is 0 Å². The Balaban J connectivity index is 3.23. The van der Waals surface area contributed by atoms with Crippen LogP contribution in [0.15, 0.2) is 18.2 Å². The Morgan fingerprint density at radius 3 is 2.50 bits per heavy atom. The Morgan fingerprint density at radius 2 is 2.00 bits per heavy atom. The molecular formula is C12H7F3O3. The zero-order valence-electron chi connectivity index (χ0n) is 9.17. The SMILES string of the molecule is COC(=O)C#Cc1cc(C=O)cc(C(F)(F)F)c1. The fourth-order valence-corrected chi connectivity index (χ4v) is 1.13. The van der Waals surface area contributed by atoms with Gasteiger partial charge < -0.3 is 4.74 Å². The molecule has 0 aromatic heterocycles. The van der Waals surface area contributed by atoms with Crippen molar-refractivity contribution < 1.29 is 27.5 Å². The van der Waals surface area contributed by atoms with Gasteiger partial charge in [0.25, 0.3) is 0 Å². The molecule has 0 saturated carbocycles. The van der Waals surface area contributed by atoms with Gasteiger partial charge in [-0.25, -0.2) is 4.79 Å². The van der Waals surface area contributed by atoms with Crippen LogP contribution in [0.3, 0.4) is 0 Å². The van der Waals surface area contributed by atoms with E-state index in [0.717, 1.165) is 19.2 Å². The highest BCUT2D eigenvalue weighted by Gasteiger charge is 2.31. The molecule has 0 atom stereocenters. The van der Waals surface area contributed by atoms with E-state index < -0.39 is 17.7 Å². The molecule has 1 aromatic carbocycles. The van der Waals surface area contributed by atoms with Gasteiger partial charge in [-0.3, -0.25) is 4.79 Å². The molecule has 1 rings (SSSR count). The maximum Gasteiger partial charge on any atom is 0.416 e. The van der Waals surface area contributed by atoms with E-state index in [2.05, 4.69) is 10.7 Å². The number of ether oxygens (including phenoxy) is 1. The number of methoxy groups -OCH3 is 1. The summed E-state index contributed by atoms with van der Waals surface area (Å²) in [5, 5.41) is 0. The molecule has 0 bridgehead atoms. The number of carbonyl (C=O) groups excluding carboxylic acids is 2. The molecular weight excluding hydrogens is 249 g/mol. The minimum atomic E-state index is -4.58. The molecule has 0 spiro atoms. The minimum Gasteiger partial charge on any atom is -0.459 e. The second kappa shape index (κ2) is 5.36. The average Bonchev–Trinajstić information content (AvgIpc) is 2.34. The van der Waals surface area contributed by atoms with Crippen molar-refractivity contribution in [3.63, 3.8) is 0 Å². The van der Waals surface area contributed by atoms with Crippen LogP contribution in [0.25, 0.3) is 0 Å². The topological polar surface area (TPSA) is 43.4 Å². The number of esters is 1. The predicted molar refractivity (Wildman–Crippen MR) is 55.7 cm³/mol. The number of halogens is 3. The number of carbonyl (C=O) groups is 2. The van der Waals surface area contributed by atoms with Crippen molar-refractivity contribution in [3.05, 3.63) is 34.9 Å². The van der Waals surface area contributed by atoms with Crippen LogP contribution in [0, 0.1) is 11.8 Å². The second-order valence-corrected chi connectivity index (χ2v) is 3.20. The van der Waals surface area contributed by atoms with E-state index in [9.17, 15) is 22.8 Å². The van der Waals surface area contributed by atoms with Crippen LogP contribution in [-0.2, 0) is 15.7 Å². The first kappa shape index (κ1) is 13.8. The van der Waals surface area contributed by atoms with E-state index in [0.29, 0.717) is 6.07 Å². The third-order valence-electron chi connectivity index (χ3n) is 1.91. The summed E-state index contributed by atoms with van der Waals surface area (Å²) < 4.78 is 41.7. The Morgan fingerprint density at radius 1 is 1.33 bits per heavy atom. The summed E-state index contributed by atoms with van der Waals surface area (Å²) in [5.74, 6) is 3.31. The molecule has 0 radical (unpaired) electrons. The summed E-state index contributed by atoms with van der Waals surface area (Å²) in [6, 6.07) is 2.61. The third kappa shape index (κ3) is 3.63. The first-order valence-corrected chi connectivity index (χ1v) is 4.64. The van der Waals surface area contributed by atoms with Crippen LogP contribution >= 0.6 is 0 Å². The van der Waals surface area contributed by atoms with E-state index in [-0.39, 0.29) is 17.4 Å². The van der Waals surface area contributed by atoms with Gasteiger partial charge in [0.15, 0.2) is 0 Å². The van der Waals surface area contributed by atoms with Crippen LogP contribution in [0.1, 0.15) is 21.5 Å². The molecule has 0 unspecified atom stereocenters. The predicted octanol–water partition coefficient (Wildman–Crippen LogP) is 2.04. The van der Waals surface area contributed by atoms with Crippen LogP contribution in [-0.4, -0.2) is 19.4 Å². The van der Waals surface area contributed by atoms with Gasteiger partial charge in [-0.1, -0.05) is 5.92 Å². The maximum absolute atomic E-state index is 12.5. The number of aldehydes is 1. The van der Waals surface area contributed by atoms with Gasteiger partial charge in [0.2, 0.25) is 0 Å². The molecule has 0 amide bonds. The molecule has 3 nitrogen and oxygen atoms in total. The Labute approximate surface area is 101 Å². The lowest BCUT2D eigenvalue weighted by Crippen LogP contribution is -2.06. The van der Waals surface area contributed by atoms with Crippen molar-refractivity contribution in [1.82, 2.24) is 0 Å². The first-order valence-electron chi connectivity index (χ1n) is 4.64. The van der Waals surface area contributed by atoms with E-state index in [1.165, 1.54) is 0 Å². The molecule has 18 heavy (non-hydrogen) atoms. The van der Waals surface area contributed by atoms with Crippen molar-refractivity contribution in [1.29, 1.82) is 0 Å². The highest BCUT2D eigenvalue weighted by molar-refractivity contribution is 5.89. The van der Waals surface area contributed by atoms with Crippen molar-refractivity contribution >= 4 is 12.3 Å². The molecule has 94 valence electrons. The number of alkyl halides is 3. The van der Waals surface area contributed by atoms with Crippen LogP contribution < -0.4 is 0 Å². The van der Waals surface area contributed by atoms with Crippen molar-refractivity contribution in [2.75, 3.05) is 7.11 Å². The average molecular weight is 256 g/mol. The fraction of sp³-hybridized carbons (Fsp3) is 0.167. The summed E-state index contributed by atoms with van der Waals surface area (Å²) in [6.07, 6.45) is -4.31. The largest absolute Gasteiger partial charge is 0.459 e. The summed E-state index contributed by atoms with van der Waals surface area (Å²) in [7, 11) is 1.10. The third-order valence-corrected chi connectivity index (χ3v) is 1.91. The summed E-state index contributed by atoms with van der Waals surface area (Å²) in [5.41, 5.74) is -1.25. The molecule has 0 aliphatic carbocycles. The van der Waals surface area contributed by atoms with Gasteiger partial charge in [-0.2, -0.15) is 13.2 Å². The van der Waals surface area contributed by atoms with E-state index in [1.807, 2.05) is 5.92 Å². The van der Waals surface area contributed by atoms with Crippen molar-refractivity contribution in [2.45, 2.75) is 6.18 Å². The first-order chi connectivity index (χ1) is 8.36. The van der Waals surface area contributed by atoms with E-state index >= 15 is 0 Å². The Bertz CT molecular complexity index is 536. The molecule has 0 fully saturated rings. The quantitative estimate of drug-likeness (QED) is 0.438. The number of rotatable bonds is 1. The van der Waals surface area contributed by atoms with Gasteiger partial charge >= 0.3 is 12.1 Å². The monoisotopic (exact) mass is 256 g/mol. The Kier molecular flexibility index (Phi) is 4.10. The normalized spacial score (nSPS) is 10.2. The van der Waals surface area contributed by atoms with Gasteiger partial charge in [0.1, 0.15) is 6.29 Å². The van der Waals surface area contributed by atoms with Gasteiger partial charge in [0, 0.05) is 17.0 Å². The second-order valence-electron chi connectivity index (χ2n) is 3.20. The smallest absolute Gasteiger partial charge is 0.416 e. The highest BCUT2D eigenvalue weighted by atomic mass is 19.4. The lowest BCUT2D eigenvalue weighted by molar-refractivity contribution is -0.137. The highest BCUT2D eigenvalue weighted by Crippen LogP contribution is 2.30. The van der Waals surface area contributed by atoms with Crippen LogP contribution in [0.4, 0.5) is 13.2 Å². The molecule has 0 N–H and O–H groups in total. The maximum atomic E-state index is 12.5. The molecule has 6 heteroatoms. The number of benzene rings is 1. The minimum absolute atomic E-state index is 0.0858. The standard InChI is InChI=1S/C12H7F3O3/c1-18-11(17)3-2-8-4-9(7-16)6-10(5-8)12(13,14)15/h4-7H,1H3.